The lowest BCUT2D eigenvalue weighted by atomic mass is 9.93. The number of ether oxygens (including phenoxy) is 2. The molecule has 1 atom stereocenters. The number of benzene rings is 2. The minimum Gasteiger partial charge on any atom is -0.504 e. The zero-order valence-electron chi connectivity index (χ0n) is 14.2. The molecule has 0 spiro atoms. The van der Waals surface area contributed by atoms with E-state index in [0.29, 0.717) is 11.3 Å². The largest absolute Gasteiger partial charge is 0.504 e. The van der Waals surface area contributed by atoms with Crippen LogP contribution in [0.2, 0.25) is 0 Å². The van der Waals surface area contributed by atoms with Gasteiger partial charge in [0.2, 0.25) is 0 Å². The molecule has 0 radical (unpaired) electrons. The minimum atomic E-state index is -1.25. The van der Waals surface area contributed by atoms with Crippen LogP contribution in [0.25, 0.3) is 0 Å². The van der Waals surface area contributed by atoms with Gasteiger partial charge >= 0.3 is 5.97 Å². The van der Waals surface area contributed by atoms with E-state index in [1.807, 2.05) is 0 Å². The highest BCUT2D eigenvalue weighted by Gasteiger charge is 2.34. The van der Waals surface area contributed by atoms with Gasteiger partial charge in [0.15, 0.2) is 11.5 Å². The molecule has 2 aromatic carbocycles. The number of rotatable bonds is 8. The van der Waals surface area contributed by atoms with Crippen molar-refractivity contribution in [1.29, 1.82) is 0 Å². The first-order chi connectivity index (χ1) is 12.3. The Morgan fingerprint density at radius 3 is 2.62 bits per heavy atom. The molecule has 7 nitrogen and oxygen atoms in total. The number of nitrogens with two attached hydrogens (primary N) is 1. The lowest BCUT2D eigenvalue weighted by molar-refractivity contribution is -0.151. The molecule has 0 saturated heterocycles. The number of halogens is 1. The van der Waals surface area contributed by atoms with Crippen LogP contribution in [0.5, 0.6) is 17.2 Å². The molecule has 0 bridgehead atoms. The number of nitrogens with one attached hydrogen (secondary N) is 1. The van der Waals surface area contributed by atoms with Gasteiger partial charge in [-0.1, -0.05) is 12.1 Å². The van der Waals surface area contributed by atoms with Crippen molar-refractivity contribution >= 4 is 5.97 Å². The quantitative estimate of drug-likeness (QED) is 0.185. The van der Waals surface area contributed by atoms with Crippen LogP contribution >= 0.6 is 0 Å². The molecule has 0 aliphatic heterocycles. The Kier molecular flexibility index (Phi) is 6.37. The lowest BCUT2D eigenvalue weighted by Gasteiger charge is -2.26. The summed E-state index contributed by atoms with van der Waals surface area (Å²) in [4.78, 5) is 12.3. The van der Waals surface area contributed by atoms with Crippen LogP contribution in [0.1, 0.15) is 12.5 Å². The van der Waals surface area contributed by atoms with Crippen LogP contribution in [0, 0.1) is 5.82 Å². The number of hydrogen-bond acceptors (Lipinski definition) is 7. The first-order valence-corrected chi connectivity index (χ1v) is 7.88. The zero-order chi connectivity index (χ0) is 19.2. The van der Waals surface area contributed by atoms with Crippen molar-refractivity contribution in [2.75, 3.05) is 13.2 Å². The van der Waals surface area contributed by atoms with E-state index >= 15 is 0 Å². The summed E-state index contributed by atoms with van der Waals surface area (Å²) in [5, 5.41) is 18.9. The van der Waals surface area contributed by atoms with Gasteiger partial charge in [0.1, 0.15) is 30.3 Å². The van der Waals surface area contributed by atoms with Crippen LogP contribution in [0.15, 0.2) is 42.5 Å². The Bertz CT molecular complexity index is 771. The molecule has 0 amide bonds. The third-order valence-electron chi connectivity index (χ3n) is 3.75. The van der Waals surface area contributed by atoms with Crippen LogP contribution in [-0.4, -0.2) is 34.9 Å². The van der Waals surface area contributed by atoms with E-state index in [4.69, 9.17) is 15.3 Å². The summed E-state index contributed by atoms with van der Waals surface area (Å²) in [5.74, 6) is 4.25. The molecule has 5 N–H and O–H groups in total. The van der Waals surface area contributed by atoms with Crippen LogP contribution in [0.4, 0.5) is 4.39 Å². The second-order valence-corrected chi connectivity index (χ2v) is 5.92. The highest BCUT2D eigenvalue weighted by molar-refractivity contribution is 5.80. The fourth-order valence-electron chi connectivity index (χ4n) is 2.28. The number of aromatic hydroxyl groups is 2. The number of phenols is 2. The number of phenolic OH excluding ortho intramolecular Hbond substituents is 2. The summed E-state index contributed by atoms with van der Waals surface area (Å²) in [6.45, 7) is 1.55. The molecule has 2 aromatic rings. The Morgan fingerprint density at radius 2 is 1.96 bits per heavy atom. The van der Waals surface area contributed by atoms with E-state index < -0.39 is 17.3 Å². The smallest absolute Gasteiger partial charge is 0.327 e. The van der Waals surface area contributed by atoms with Crippen LogP contribution < -0.4 is 16.0 Å². The Morgan fingerprint density at radius 1 is 1.19 bits per heavy atom. The average Bonchev–Trinajstić information content (AvgIpc) is 2.61. The van der Waals surface area contributed by atoms with E-state index in [9.17, 15) is 19.4 Å². The van der Waals surface area contributed by atoms with Crippen LogP contribution in [0.3, 0.4) is 0 Å². The van der Waals surface area contributed by atoms with Gasteiger partial charge in [-0.15, -0.1) is 0 Å². The Labute approximate surface area is 150 Å². The number of hydrazine groups is 1. The average molecular weight is 364 g/mol. The second-order valence-electron chi connectivity index (χ2n) is 5.92. The predicted octanol–water partition coefficient (Wildman–Crippen LogP) is 1.62. The molecule has 0 aromatic heterocycles. The van der Waals surface area contributed by atoms with E-state index in [-0.39, 0.29) is 31.1 Å². The first-order valence-electron chi connectivity index (χ1n) is 7.88. The molecule has 26 heavy (non-hydrogen) atoms. The summed E-state index contributed by atoms with van der Waals surface area (Å²) < 4.78 is 23.5. The van der Waals surface area contributed by atoms with E-state index in [0.717, 1.165) is 0 Å². The third kappa shape index (κ3) is 5.08. The topological polar surface area (TPSA) is 114 Å². The summed E-state index contributed by atoms with van der Waals surface area (Å²) >= 11 is 0. The number of carbonyl (C=O) groups is 1. The van der Waals surface area contributed by atoms with Crippen LogP contribution in [-0.2, 0) is 16.0 Å². The molecule has 0 aliphatic carbocycles. The summed E-state index contributed by atoms with van der Waals surface area (Å²) in [7, 11) is 0. The lowest BCUT2D eigenvalue weighted by Crippen LogP contribution is -2.55. The van der Waals surface area contributed by atoms with Crippen molar-refractivity contribution in [2.45, 2.75) is 18.9 Å². The van der Waals surface area contributed by atoms with Gasteiger partial charge in [0.25, 0.3) is 0 Å². The monoisotopic (exact) mass is 364 g/mol. The summed E-state index contributed by atoms with van der Waals surface area (Å²) in [6.07, 6.45) is 0.126. The van der Waals surface area contributed by atoms with Crippen molar-refractivity contribution in [3.05, 3.63) is 53.8 Å². The number of esters is 1. The van der Waals surface area contributed by atoms with Crippen molar-refractivity contribution in [1.82, 2.24) is 5.43 Å². The van der Waals surface area contributed by atoms with E-state index in [1.165, 1.54) is 30.3 Å². The molecule has 2 rings (SSSR count). The summed E-state index contributed by atoms with van der Waals surface area (Å²) in [6, 6.07) is 9.85. The normalized spacial score (nSPS) is 13.0. The molecule has 140 valence electrons. The molecule has 1 unspecified atom stereocenters. The standard InChI is InChI=1S/C18H21FN2O5/c1-18(21-20,11-12-5-6-15(22)16(23)9-12)17(24)26-8-7-25-14-4-2-3-13(19)10-14/h2-6,9-10,21-23H,7-8,11,20H2,1H3. The summed E-state index contributed by atoms with van der Waals surface area (Å²) in [5.41, 5.74) is 1.75. The van der Waals surface area contributed by atoms with Gasteiger partial charge in [-0.25, -0.2) is 14.6 Å². The highest BCUT2D eigenvalue weighted by atomic mass is 19.1. The third-order valence-corrected chi connectivity index (χ3v) is 3.75. The van der Waals surface area contributed by atoms with Gasteiger partial charge in [-0.2, -0.15) is 0 Å². The van der Waals surface area contributed by atoms with Gasteiger partial charge in [0, 0.05) is 12.5 Å². The van der Waals surface area contributed by atoms with Gasteiger partial charge in [-0.3, -0.25) is 5.84 Å². The first kappa shape index (κ1) is 19.5. The fraction of sp³-hybridized carbons (Fsp3) is 0.278. The minimum absolute atomic E-state index is 0.0482. The molecule has 8 heteroatoms. The van der Waals surface area contributed by atoms with Crippen molar-refractivity contribution in [3.8, 4) is 17.2 Å². The highest BCUT2D eigenvalue weighted by Crippen LogP contribution is 2.27. The molecule has 0 fully saturated rings. The van der Waals surface area contributed by atoms with Crippen molar-refractivity contribution in [3.63, 3.8) is 0 Å². The van der Waals surface area contributed by atoms with Crippen molar-refractivity contribution < 1.29 is 28.9 Å². The Balaban J connectivity index is 1.89. The maximum Gasteiger partial charge on any atom is 0.327 e. The van der Waals surface area contributed by atoms with Gasteiger partial charge in [-0.05, 0) is 36.8 Å². The van der Waals surface area contributed by atoms with E-state index in [2.05, 4.69) is 5.43 Å². The van der Waals surface area contributed by atoms with Crippen molar-refractivity contribution in [2.24, 2.45) is 5.84 Å². The zero-order valence-corrected chi connectivity index (χ0v) is 14.2. The second kappa shape index (κ2) is 8.50. The fourth-order valence-corrected chi connectivity index (χ4v) is 2.28. The molecular formula is C18H21FN2O5. The molecule has 0 heterocycles. The maximum atomic E-state index is 13.0. The SMILES string of the molecule is CC(Cc1ccc(O)c(O)c1)(NN)C(=O)OCCOc1cccc(F)c1. The molecule has 0 aliphatic rings. The van der Waals surface area contributed by atoms with Gasteiger partial charge < -0.3 is 19.7 Å². The Hall–Kier alpha value is -2.84. The van der Waals surface area contributed by atoms with E-state index in [1.54, 1.807) is 19.1 Å². The molecule has 0 saturated carbocycles. The number of carbonyl (C=O) groups excluding carboxylic acids is 1. The predicted molar refractivity (Wildman–Crippen MR) is 92.1 cm³/mol. The molecular weight excluding hydrogens is 343 g/mol. The van der Waals surface area contributed by atoms with Gasteiger partial charge in [0.05, 0.1) is 0 Å². The maximum absolute atomic E-state index is 13.0. The number of hydrogen-bond donors (Lipinski definition) is 4.